The van der Waals surface area contributed by atoms with Crippen molar-refractivity contribution in [2.45, 2.75) is 18.8 Å². The SMILES string of the molecule is COC1CN(CCn2c(=O)[nH]c3ncc(-c4cccc(C(F)(F)F)c4)cc32)C1. The van der Waals surface area contributed by atoms with Crippen LogP contribution in [0.15, 0.2) is 41.3 Å². The van der Waals surface area contributed by atoms with Gasteiger partial charge in [0.15, 0.2) is 5.65 Å². The number of imidazole rings is 1. The molecule has 0 saturated carbocycles. The van der Waals surface area contributed by atoms with E-state index in [1.807, 2.05) is 0 Å². The molecule has 4 rings (SSSR count). The molecule has 148 valence electrons. The zero-order valence-electron chi connectivity index (χ0n) is 15.2. The van der Waals surface area contributed by atoms with Crippen molar-refractivity contribution < 1.29 is 17.9 Å². The number of ether oxygens (including phenoxy) is 1. The molecular weight excluding hydrogens is 373 g/mol. The molecule has 1 fully saturated rings. The van der Waals surface area contributed by atoms with E-state index in [2.05, 4.69) is 14.9 Å². The van der Waals surface area contributed by atoms with Crippen LogP contribution in [0.5, 0.6) is 0 Å². The highest BCUT2D eigenvalue weighted by atomic mass is 19.4. The second-order valence-electron chi connectivity index (χ2n) is 6.87. The van der Waals surface area contributed by atoms with Crippen molar-refractivity contribution in [2.24, 2.45) is 0 Å². The van der Waals surface area contributed by atoms with Gasteiger partial charge in [-0.05, 0) is 23.8 Å². The lowest BCUT2D eigenvalue weighted by molar-refractivity contribution is -0.137. The molecule has 0 bridgehead atoms. The smallest absolute Gasteiger partial charge is 0.379 e. The minimum atomic E-state index is -4.42. The number of alkyl halides is 3. The van der Waals surface area contributed by atoms with Gasteiger partial charge in [-0.1, -0.05) is 12.1 Å². The van der Waals surface area contributed by atoms with Crippen molar-refractivity contribution in [3.8, 4) is 11.1 Å². The first-order valence-corrected chi connectivity index (χ1v) is 8.86. The third kappa shape index (κ3) is 3.55. The van der Waals surface area contributed by atoms with E-state index in [0.29, 0.717) is 35.4 Å². The lowest BCUT2D eigenvalue weighted by Crippen LogP contribution is -2.52. The van der Waals surface area contributed by atoms with Crippen LogP contribution in [0.1, 0.15) is 5.56 Å². The Bertz CT molecular complexity index is 1050. The van der Waals surface area contributed by atoms with Gasteiger partial charge in [0, 0.05) is 45.0 Å². The first-order chi connectivity index (χ1) is 13.3. The molecule has 0 amide bonds. The van der Waals surface area contributed by atoms with E-state index in [-0.39, 0.29) is 11.8 Å². The molecule has 0 radical (unpaired) electrons. The number of likely N-dealkylation sites (tertiary alicyclic amines) is 1. The van der Waals surface area contributed by atoms with Crippen molar-refractivity contribution in [3.05, 3.63) is 52.6 Å². The number of fused-ring (bicyclic) bond motifs is 1. The Morgan fingerprint density at radius 1 is 1.21 bits per heavy atom. The zero-order chi connectivity index (χ0) is 19.9. The average Bonchev–Trinajstić information content (AvgIpc) is 2.94. The topological polar surface area (TPSA) is 63.1 Å². The molecule has 9 heteroatoms. The number of nitrogens with one attached hydrogen (secondary N) is 1. The monoisotopic (exact) mass is 392 g/mol. The maximum atomic E-state index is 13.0. The first-order valence-electron chi connectivity index (χ1n) is 8.86. The number of aromatic nitrogens is 3. The van der Waals surface area contributed by atoms with Gasteiger partial charge < -0.3 is 4.74 Å². The molecule has 0 spiro atoms. The van der Waals surface area contributed by atoms with Crippen LogP contribution in [0.3, 0.4) is 0 Å². The third-order valence-electron chi connectivity index (χ3n) is 5.05. The van der Waals surface area contributed by atoms with Gasteiger partial charge in [-0.15, -0.1) is 0 Å². The second kappa shape index (κ2) is 7.06. The number of H-pyrrole nitrogens is 1. The van der Waals surface area contributed by atoms with Crippen molar-refractivity contribution >= 4 is 11.2 Å². The summed E-state index contributed by atoms with van der Waals surface area (Å²) >= 11 is 0. The van der Waals surface area contributed by atoms with E-state index in [9.17, 15) is 18.0 Å². The van der Waals surface area contributed by atoms with Crippen LogP contribution in [0.4, 0.5) is 13.2 Å². The van der Waals surface area contributed by atoms with Gasteiger partial charge in [-0.3, -0.25) is 14.5 Å². The van der Waals surface area contributed by atoms with Gasteiger partial charge >= 0.3 is 11.9 Å². The molecule has 28 heavy (non-hydrogen) atoms. The maximum absolute atomic E-state index is 13.0. The lowest BCUT2D eigenvalue weighted by atomic mass is 10.0. The Kier molecular flexibility index (Phi) is 4.72. The van der Waals surface area contributed by atoms with Crippen LogP contribution in [-0.2, 0) is 17.5 Å². The molecule has 0 aliphatic carbocycles. The molecule has 0 atom stereocenters. The van der Waals surface area contributed by atoms with Gasteiger partial charge in [-0.25, -0.2) is 9.78 Å². The standard InChI is InChI=1S/C19H19F3N4O2/c1-28-15-10-25(11-15)5-6-26-16-8-13(9-23-17(16)24-18(26)27)12-3-2-4-14(7-12)19(20,21)22/h2-4,7-9,15H,5-6,10-11H2,1H3,(H,23,24,27). The van der Waals surface area contributed by atoms with Crippen LogP contribution < -0.4 is 5.69 Å². The molecule has 2 aromatic heterocycles. The van der Waals surface area contributed by atoms with Crippen LogP contribution in [0, 0.1) is 0 Å². The van der Waals surface area contributed by atoms with E-state index in [1.165, 1.54) is 12.3 Å². The molecule has 1 aliphatic rings. The molecular formula is C19H19F3N4O2. The summed E-state index contributed by atoms with van der Waals surface area (Å²) in [6, 6.07) is 6.77. The fourth-order valence-corrected chi connectivity index (χ4v) is 3.38. The van der Waals surface area contributed by atoms with Crippen LogP contribution in [-0.4, -0.2) is 52.3 Å². The summed E-state index contributed by atoms with van der Waals surface area (Å²) in [5, 5.41) is 0. The molecule has 6 nitrogen and oxygen atoms in total. The van der Waals surface area contributed by atoms with E-state index >= 15 is 0 Å². The number of methoxy groups -OCH3 is 1. The Hall–Kier alpha value is -2.65. The Morgan fingerprint density at radius 3 is 2.71 bits per heavy atom. The highest BCUT2D eigenvalue weighted by molar-refractivity contribution is 5.78. The highest BCUT2D eigenvalue weighted by Crippen LogP contribution is 2.32. The molecule has 3 aromatic rings. The number of hydrogen-bond donors (Lipinski definition) is 1. The number of pyridine rings is 1. The second-order valence-corrected chi connectivity index (χ2v) is 6.87. The molecule has 3 heterocycles. The minimum absolute atomic E-state index is 0.230. The normalized spacial score (nSPS) is 15.9. The lowest BCUT2D eigenvalue weighted by Gasteiger charge is -2.38. The summed E-state index contributed by atoms with van der Waals surface area (Å²) in [5.74, 6) is 0. The van der Waals surface area contributed by atoms with Gasteiger partial charge in [0.2, 0.25) is 0 Å². The first kappa shape index (κ1) is 18.7. The summed E-state index contributed by atoms with van der Waals surface area (Å²) in [5.41, 5.74) is 0.905. The van der Waals surface area contributed by atoms with Crippen molar-refractivity contribution in [2.75, 3.05) is 26.7 Å². The van der Waals surface area contributed by atoms with Crippen molar-refractivity contribution in [3.63, 3.8) is 0 Å². The summed E-state index contributed by atoms with van der Waals surface area (Å²) in [6.45, 7) is 2.78. The highest BCUT2D eigenvalue weighted by Gasteiger charge is 2.30. The molecule has 1 aliphatic heterocycles. The molecule has 0 unspecified atom stereocenters. The minimum Gasteiger partial charge on any atom is -0.379 e. The third-order valence-corrected chi connectivity index (χ3v) is 5.05. The van der Waals surface area contributed by atoms with E-state index < -0.39 is 11.7 Å². The average molecular weight is 392 g/mol. The van der Waals surface area contributed by atoms with Gasteiger partial charge in [0.25, 0.3) is 0 Å². The van der Waals surface area contributed by atoms with Crippen molar-refractivity contribution in [1.82, 2.24) is 19.4 Å². The van der Waals surface area contributed by atoms with E-state index in [0.717, 1.165) is 25.2 Å². The van der Waals surface area contributed by atoms with Crippen molar-refractivity contribution in [1.29, 1.82) is 0 Å². The van der Waals surface area contributed by atoms with Crippen LogP contribution >= 0.6 is 0 Å². The number of rotatable bonds is 5. The largest absolute Gasteiger partial charge is 0.416 e. The predicted molar refractivity (Wildman–Crippen MR) is 98.0 cm³/mol. The summed E-state index contributed by atoms with van der Waals surface area (Å²) in [4.78, 5) is 21.4. The van der Waals surface area contributed by atoms with Gasteiger partial charge in [-0.2, -0.15) is 13.2 Å². The number of hydrogen-bond acceptors (Lipinski definition) is 4. The van der Waals surface area contributed by atoms with Crippen LogP contribution in [0.25, 0.3) is 22.3 Å². The summed E-state index contributed by atoms with van der Waals surface area (Å²) < 4.78 is 45.8. The molecule has 1 saturated heterocycles. The predicted octanol–water partition coefficient (Wildman–Crippen LogP) is 2.74. The number of benzene rings is 1. The summed E-state index contributed by atoms with van der Waals surface area (Å²) in [6.07, 6.45) is -2.72. The van der Waals surface area contributed by atoms with Gasteiger partial charge in [0.1, 0.15) is 0 Å². The Balaban J connectivity index is 1.63. The summed E-state index contributed by atoms with van der Waals surface area (Å²) in [7, 11) is 1.67. The number of nitrogens with zero attached hydrogens (tertiary/aromatic N) is 3. The quantitative estimate of drug-likeness (QED) is 0.725. The zero-order valence-corrected chi connectivity index (χ0v) is 15.2. The Morgan fingerprint density at radius 2 is 2.00 bits per heavy atom. The number of halogens is 3. The fraction of sp³-hybridized carbons (Fsp3) is 0.368. The van der Waals surface area contributed by atoms with E-state index in [4.69, 9.17) is 4.74 Å². The van der Waals surface area contributed by atoms with Gasteiger partial charge in [0.05, 0.1) is 17.2 Å². The molecule has 1 N–H and O–H groups in total. The molecule has 1 aromatic carbocycles. The Labute approximate surface area is 158 Å². The van der Waals surface area contributed by atoms with Crippen LogP contribution in [0.2, 0.25) is 0 Å². The number of aromatic amines is 1. The fourth-order valence-electron chi connectivity index (χ4n) is 3.38. The van der Waals surface area contributed by atoms with E-state index in [1.54, 1.807) is 23.8 Å². The maximum Gasteiger partial charge on any atom is 0.416 e.